The monoisotopic (exact) mass is 466 g/mol. The summed E-state index contributed by atoms with van der Waals surface area (Å²) in [5, 5.41) is 10.9. The molecule has 10 nitrogen and oxygen atoms in total. The molecule has 1 saturated carbocycles. The first-order chi connectivity index (χ1) is 15.6. The van der Waals surface area contributed by atoms with Crippen molar-refractivity contribution in [3.05, 3.63) is 29.4 Å². The molecule has 1 saturated heterocycles. The van der Waals surface area contributed by atoms with Crippen LogP contribution in [0.1, 0.15) is 48.7 Å². The van der Waals surface area contributed by atoms with Crippen LogP contribution in [0.25, 0.3) is 0 Å². The third-order valence-electron chi connectivity index (χ3n) is 6.11. The van der Waals surface area contributed by atoms with Crippen LogP contribution in [-0.4, -0.2) is 71.2 Å². The van der Waals surface area contributed by atoms with Gasteiger partial charge < -0.3 is 25.0 Å². The van der Waals surface area contributed by atoms with Crippen LogP contribution in [0.5, 0.6) is 0 Å². The summed E-state index contributed by atoms with van der Waals surface area (Å²) in [5.74, 6) is -2.88. The number of methoxy groups -OCH3 is 1. The van der Waals surface area contributed by atoms with E-state index < -0.39 is 17.8 Å². The van der Waals surface area contributed by atoms with E-state index in [2.05, 4.69) is 20.7 Å². The SMILES string of the molecule is COC(=O)N1CC(OC2=NC(C)(n3cc(C)c(C=O)n3)NC(NC3CCC(F)(F)CC3)=C2)C1. The van der Waals surface area contributed by atoms with Crippen molar-refractivity contribution in [2.75, 3.05) is 20.2 Å². The predicted molar refractivity (Wildman–Crippen MR) is 114 cm³/mol. The van der Waals surface area contributed by atoms with E-state index in [1.54, 1.807) is 26.1 Å². The van der Waals surface area contributed by atoms with E-state index in [1.807, 2.05) is 0 Å². The standard InChI is InChI=1S/C21H28F2N6O4/c1-13-9-29(27-16(13)12-30)20(2)25-17(24-14-4-6-21(22,23)7-5-14)8-18(26-20)33-15-10-28(11-15)19(31)32-3/h8-9,12,14-15,24-25H,4-7,10-11H2,1-3H3. The minimum Gasteiger partial charge on any atom is -0.471 e. The molecule has 1 aromatic rings. The Morgan fingerprint density at radius 1 is 1.33 bits per heavy atom. The van der Waals surface area contributed by atoms with Crippen LogP contribution in [0, 0.1) is 6.92 Å². The van der Waals surface area contributed by atoms with Gasteiger partial charge in [-0.15, -0.1) is 0 Å². The lowest BCUT2D eigenvalue weighted by Gasteiger charge is -2.40. The molecule has 12 heteroatoms. The average molecular weight is 466 g/mol. The molecule has 0 radical (unpaired) electrons. The summed E-state index contributed by atoms with van der Waals surface area (Å²) in [6.07, 6.45) is 3.70. The highest BCUT2D eigenvalue weighted by molar-refractivity contribution is 5.89. The number of nitrogens with zero attached hydrogens (tertiary/aromatic N) is 4. The lowest BCUT2D eigenvalue weighted by Crippen LogP contribution is -2.56. The highest BCUT2D eigenvalue weighted by atomic mass is 19.3. The summed E-state index contributed by atoms with van der Waals surface area (Å²) in [7, 11) is 1.32. The Labute approximate surface area is 190 Å². The lowest BCUT2D eigenvalue weighted by molar-refractivity contribution is -0.0400. The number of aldehydes is 1. The van der Waals surface area contributed by atoms with Gasteiger partial charge in [0.1, 0.15) is 17.6 Å². The van der Waals surface area contributed by atoms with Crippen LogP contribution in [0.2, 0.25) is 0 Å². The van der Waals surface area contributed by atoms with Gasteiger partial charge >= 0.3 is 6.09 Å². The van der Waals surface area contributed by atoms with Crippen molar-refractivity contribution in [2.24, 2.45) is 4.99 Å². The van der Waals surface area contributed by atoms with Crippen LogP contribution >= 0.6 is 0 Å². The maximum Gasteiger partial charge on any atom is 0.409 e. The zero-order chi connectivity index (χ0) is 23.8. The van der Waals surface area contributed by atoms with E-state index >= 15 is 0 Å². The van der Waals surface area contributed by atoms with Crippen LogP contribution in [-0.2, 0) is 15.3 Å². The zero-order valence-corrected chi connectivity index (χ0v) is 18.8. The molecule has 1 unspecified atom stereocenters. The second kappa shape index (κ2) is 8.64. The predicted octanol–water partition coefficient (Wildman–Crippen LogP) is 2.11. The fourth-order valence-corrected chi connectivity index (χ4v) is 4.12. The Morgan fingerprint density at radius 2 is 2.03 bits per heavy atom. The van der Waals surface area contributed by atoms with Crippen LogP contribution in [0.4, 0.5) is 13.6 Å². The molecule has 2 aliphatic heterocycles. The second-order valence-corrected chi connectivity index (χ2v) is 8.80. The van der Waals surface area contributed by atoms with Gasteiger partial charge in [-0.05, 0) is 25.3 Å². The third-order valence-corrected chi connectivity index (χ3v) is 6.11. The zero-order valence-electron chi connectivity index (χ0n) is 18.8. The number of halogens is 2. The third kappa shape index (κ3) is 4.93. The molecule has 1 aliphatic carbocycles. The van der Waals surface area contributed by atoms with Crippen molar-refractivity contribution in [3.63, 3.8) is 0 Å². The number of amides is 1. The van der Waals surface area contributed by atoms with Gasteiger partial charge in [-0.3, -0.25) is 4.79 Å². The summed E-state index contributed by atoms with van der Waals surface area (Å²) >= 11 is 0. The number of aromatic nitrogens is 2. The average Bonchev–Trinajstić information content (AvgIpc) is 3.13. The Balaban J connectivity index is 1.53. The van der Waals surface area contributed by atoms with Crippen molar-refractivity contribution < 1.29 is 27.8 Å². The van der Waals surface area contributed by atoms with Gasteiger partial charge in [0, 0.05) is 38.1 Å². The number of alkyl halides is 2. The molecule has 0 aromatic carbocycles. The molecule has 180 valence electrons. The fraction of sp³-hybridized carbons (Fsp3) is 0.619. The minimum atomic E-state index is -2.62. The lowest BCUT2D eigenvalue weighted by atomic mass is 9.92. The van der Waals surface area contributed by atoms with Gasteiger partial charge in [0.05, 0.1) is 20.2 Å². The minimum absolute atomic E-state index is 0.129. The maximum atomic E-state index is 13.6. The number of rotatable bonds is 5. The summed E-state index contributed by atoms with van der Waals surface area (Å²) in [4.78, 5) is 29.0. The van der Waals surface area contributed by atoms with Gasteiger partial charge in [0.2, 0.25) is 17.6 Å². The Bertz CT molecular complexity index is 977. The van der Waals surface area contributed by atoms with Crippen molar-refractivity contribution in [2.45, 2.75) is 63.4 Å². The number of hydrogen-bond donors (Lipinski definition) is 2. The number of carbonyl (C=O) groups is 2. The first-order valence-electron chi connectivity index (χ1n) is 10.9. The van der Waals surface area contributed by atoms with Gasteiger partial charge in [0.15, 0.2) is 6.29 Å². The van der Waals surface area contributed by atoms with Crippen molar-refractivity contribution in [1.29, 1.82) is 0 Å². The Hall–Kier alpha value is -3.18. The largest absolute Gasteiger partial charge is 0.471 e. The summed E-state index contributed by atoms with van der Waals surface area (Å²) in [5.41, 5.74) is 0.985. The van der Waals surface area contributed by atoms with Gasteiger partial charge in [-0.25, -0.2) is 23.2 Å². The second-order valence-electron chi connectivity index (χ2n) is 8.80. The molecule has 1 amide bonds. The topological polar surface area (TPSA) is 110 Å². The smallest absolute Gasteiger partial charge is 0.409 e. The summed E-state index contributed by atoms with van der Waals surface area (Å²) < 4.78 is 39.4. The molecule has 0 bridgehead atoms. The van der Waals surface area contributed by atoms with Crippen LogP contribution in [0.15, 0.2) is 23.1 Å². The number of aryl methyl sites for hydroxylation is 1. The van der Waals surface area contributed by atoms with E-state index in [4.69, 9.17) is 9.47 Å². The van der Waals surface area contributed by atoms with E-state index in [-0.39, 0.29) is 25.0 Å². The van der Waals surface area contributed by atoms with E-state index in [1.165, 1.54) is 16.7 Å². The molecule has 3 heterocycles. The molecule has 3 aliphatic rings. The molecule has 4 rings (SSSR count). The summed E-state index contributed by atoms with van der Waals surface area (Å²) in [6.45, 7) is 4.26. The highest BCUT2D eigenvalue weighted by Gasteiger charge is 2.39. The quantitative estimate of drug-likeness (QED) is 0.640. The maximum absolute atomic E-state index is 13.6. The number of nitrogens with one attached hydrogen (secondary N) is 2. The molecule has 1 atom stereocenters. The number of aliphatic imine (C=N–C) groups is 1. The first-order valence-corrected chi connectivity index (χ1v) is 10.9. The number of carbonyl (C=O) groups excluding carboxylic acids is 2. The number of hydrogen-bond acceptors (Lipinski definition) is 8. The fourth-order valence-electron chi connectivity index (χ4n) is 4.12. The van der Waals surface area contributed by atoms with E-state index in [0.29, 0.717) is 55.2 Å². The van der Waals surface area contributed by atoms with Crippen LogP contribution in [0.3, 0.4) is 0 Å². The number of likely N-dealkylation sites (tertiary alicyclic amines) is 1. The van der Waals surface area contributed by atoms with E-state index in [9.17, 15) is 18.4 Å². The molecule has 33 heavy (non-hydrogen) atoms. The molecular formula is C21H28F2N6O4. The van der Waals surface area contributed by atoms with Crippen molar-refractivity contribution in [3.8, 4) is 0 Å². The molecule has 2 N–H and O–H groups in total. The first kappa shape index (κ1) is 23.0. The highest BCUT2D eigenvalue weighted by Crippen LogP contribution is 2.33. The van der Waals surface area contributed by atoms with Crippen molar-refractivity contribution >= 4 is 18.3 Å². The van der Waals surface area contributed by atoms with Crippen molar-refractivity contribution in [1.82, 2.24) is 25.3 Å². The van der Waals surface area contributed by atoms with Gasteiger partial charge in [-0.1, -0.05) is 0 Å². The van der Waals surface area contributed by atoms with Gasteiger partial charge in [0.25, 0.3) is 0 Å². The Kier molecular flexibility index (Phi) is 6.02. The molecule has 2 fully saturated rings. The molecule has 0 spiro atoms. The number of ether oxygens (including phenoxy) is 2. The summed E-state index contributed by atoms with van der Waals surface area (Å²) in [6, 6.07) is -0.129. The molecular weight excluding hydrogens is 438 g/mol. The van der Waals surface area contributed by atoms with Crippen LogP contribution < -0.4 is 10.6 Å². The normalized spacial score (nSPS) is 25.3. The Morgan fingerprint density at radius 3 is 2.64 bits per heavy atom. The molecule has 1 aromatic heterocycles. The van der Waals surface area contributed by atoms with Gasteiger partial charge in [-0.2, -0.15) is 5.10 Å². The van der Waals surface area contributed by atoms with E-state index in [0.717, 1.165) is 0 Å².